The van der Waals surface area contributed by atoms with Crippen molar-refractivity contribution in [3.8, 4) is 0 Å². The minimum atomic E-state index is -0.110. The number of carbonyl (C=O) groups is 2. The Labute approximate surface area is 209 Å². The highest BCUT2D eigenvalue weighted by molar-refractivity contribution is 7.99. The second-order valence-corrected chi connectivity index (χ2v) is 9.98. The van der Waals surface area contributed by atoms with E-state index in [9.17, 15) is 14.4 Å². The van der Waals surface area contributed by atoms with E-state index < -0.39 is 0 Å². The summed E-state index contributed by atoms with van der Waals surface area (Å²) < 4.78 is 1.51. The predicted molar refractivity (Wildman–Crippen MR) is 140 cm³/mol. The van der Waals surface area contributed by atoms with E-state index in [4.69, 9.17) is 0 Å². The zero-order chi connectivity index (χ0) is 25.1. The zero-order valence-electron chi connectivity index (χ0n) is 20.6. The molecule has 4 rings (SSSR count). The molecule has 0 unspecified atom stereocenters. The molecule has 1 aliphatic heterocycles. The molecule has 0 aliphatic carbocycles. The van der Waals surface area contributed by atoms with Gasteiger partial charge in [-0.05, 0) is 44.0 Å². The van der Waals surface area contributed by atoms with Crippen LogP contribution in [0, 0.1) is 20.8 Å². The van der Waals surface area contributed by atoms with Crippen molar-refractivity contribution in [2.24, 2.45) is 7.05 Å². The Morgan fingerprint density at radius 1 is 1.03 bits per heavy atom. The number of fused-ring (bicyclic) bond motifs is 1. The number of thioether (sulfide) groups is 1. The molecule has 1 aliphatic rings. The number of amides is 2. The van der Waals surface area contributed by atoms with Crippen molar-refractivity contribution in [3.63, 3.8) is 0 Å². The second-order valence-electron chi connectivity index (χ2n) is 9.04. The van der Waals surface area contributed by atoms with Crippen LogP contribution in [-0.2, 0) is 16.6 Å². The fraction of sp³-hybridized carbons (Fsp3) is 0.385. The molecule has 0 atom stereocenters. The Kier molecular flexibility index (Phi) is 7.57. The van der Waals surface area contributed by atoms with E-state index in [1.54, 1.807) is 7.05 Å². The van der Waals surface area contributed by atoms with Gasteiger partial charge in [-0.3, -0.25) is 23.9 Å². The summed E-state index contributed by atoms with van der Waals surface area (Å²) in [5, 5.41) is 4.14. The van der Waals surface area contributed by atoms with Gasteiger partial charge in [0.2, 0.25) is 11.8 Å². The molecule has 2 amide bonds. The molecule has 1 aromatic heterocycles. The second kappa shape index (κ2) is 10.6. The van der Waals surface area contributed by atoms with Crippen LogP contribution in [0.1, 0.15) is 16.7 Å². The lowest BCUT2D eigenvalue weighted by Gasteiger charge is -2.34. The molecule has 0 saturated carbocycles. The molecule has 1 saturated heterocycles. The van der Waals surface area contributed by atoms with E-state index in [0.717, 1.165) is 22.4 Å². The maximum Gasteiger partial charge on any atom is 0.261 e. The zero-order valence-corrected chi connectivity index (χ0v) is 21.4. The van der Waals surface area contributed by atoms with Crippen molar-refractivity contribution >= 4 is 40.2 Å². The molecule has 2 aromatic carbocycles. The van der Waals surface area contributed by atoms with Crippen molar-refractivity contribution in [2.75, 3.05) is 43.8 Å². The fourth-order valence-corrected chi connectivity index (χ4v) is 5.13. The van der Waals surface area contributed by atoms with Crippen LogP contribution in [0.15, 0.2) is 46.3 Å². The molecule has 0 spiro atoms. The number of rotatable bonds is 6. The number of anilines is 1. The molecule has 35 heavy (non-hydrogen) atoms. The highest BCUT2D eigenvalue weighted by atomic mass is 32.2. The molecule has 2 heterocycles. The van der Waals surface area contributed by atoms with Gasteiger partial charge >= 0.3 is 0 Å². The molecule has 1 fully saturated rings. The maximum atomic E-state index is 12.8. The standard InChI is InChI=1S/C26H31N5O3S/c1-17-8-9-21-20(14-17)25(34)29(4)26(27-21)35-16-23(33)31-12-10-30(11-13-31)15-22(32)28-24-18(2)6-5-7-19(24)3/h5-9,14H,10-13,15-16H2,1-4H3,(H,28,32). The Morgan fingerprint density at radius 3 is 2.40 bits per heavy atom. The number of carbonyl (C=O) groups excluding carboxylic acids is 2. The fourth-order valence-electron chi connectivity index (χ4n) is 4.26. The van der Waals surface area contributed by atoms with Gasteiger partial charge in [-0.1, -0.05) is 41.6 Å². The number of benzene rings is 2. The van der Waals surface area contributed by atoms with E-state index in [0.29, 0.717) is 48.8 Å². The molecular formula is C26H31N5O3S. The molecule has 3 aromatic rings. The van der Waals surface area contributed by atoms with Crippen LogP contribution in [0.5, 0.6) is 0 Å². The maximum absolute atomic E-state index is 12.8. The monoisotopic (exact) mass is 493 g/mol. The summed E-state index contributed by atoms with van der Waals surface area (Å²) in [6, 6.07) is 11.6. The van der Waals surface area contributed by atoms with E-state index in [1.165, 1.54) is 16.3 Å². The molecule has 184 valence electrons. The lowest BCUT2D eigenvalue weighted by molar-refractivity contribution is -0.130. The summed E-state index contributed by atoms with van der Waals surface area (Å²) in [4.78, 5) is 46.5. The Bertz CT molecular complexity index is 1310. The van der Waals surface area contributed by atoms with Crippen LogP contribution < -0.4 is 10.9 Å². The van der Waals surface area contributed by atoms with Crippen molar-refractivity contribution in [2.45, 2.75) is 25.9 Å². The lowest BCUT2D eigenvalue weighted by atomic mass is 10.1. The average molecular weight is 494 g/mol. The molecule has 8 nitrogen and oxygen atoms in total. The largest absolute Gasteiger partial charge is 0.339 e. The molecular weight excluding hydrogens is 462 g/mol. The highest BCUT2D eigenvalue weighted by Gasteiger charge is 2.23. The van der Waals surface area contributed by atoms with Gasteiger partial charge < -0.3 is 10.2 Å². The van der Waals surface area contributed by atoms with Gasteiger partial charge in [0, 0.05) is 38.9 Å². The first-order valence-electron chi connectivity index (χ1n) is 11.7. The van der Waals surface area contributed by atoms with Crippen LogP contribution >= 0.6 is 11.8 Å². The summed E-state index contributed by atoms with van der Waals surface area (Å²) in [7, 11) is 1.69. The van der Waals surface area contributed by atoms with Gasteiger partial charge in [-0.15, -0.1) is 0 Å². The number of hydrogen-bond donors (Lipinski definition) is 1. The van der Waals surface area contributed by atoms with Gasteiger partial charge in [0.15, 0.2) is 5.16 Å². The molecule has 0 radical (unpaired) electrons. The summed E-state index contributed by atoms with van der Waals surface area (Å²) in [5.74, 6) is 0.175. The number of nitrogens with one attached hydrogen (secondary N) is 1. The third kappa shape index (κ3) is 5.74. The van der Waals surface area contributed by atoms with Gasteiger partial charge in [-0.2, -0.15) is 0 Å². The quantitative estimate of drug-likeness (QED) is 0.420. The van der Waals surface area contributed by atoms with Gasteiger partial charge in [-0.25, -0.2) is 4.98 Å². The first-order chi connectivity index (χ1) is 16.7. The van der Waals surface area contributed by atoms with E-state index >= 15 is 0 Å². The summed E-state index contributed by atoms with van der Waals surface area (Å²) in [5.41, 5.74) is 4.49. The first-order valence-corrected chi connectivity index (χ1v) is 12.7. The highest BCUT2D eigenvalue weighted by Crippen LogP contribution is 2.20. The van der Waals surface area contributed by atoms with Crippen molar-refractivity contribution in [1.29, 1.82) is 0 Å². The van der Waals surface area contributed by atoms with E-state index in [-0.39, 0.29) is 23.1 Å². The third-order valence-corrected chi connectivity index (χ3v) is 7.37. The van der Waals surface area contributed by atoms with Gasteiger partial charge in [0.05, 0.1) is 23.2 Å². The summed E-state index contributed by atoms with van der Waals surface area (Å²) in [6.07, 6.45) is 0. The van der Waals surface area contributed by atoms with Gasteiger partial charge in [0.1, 0.15) is 0 Å². The van der Waals surface area contributed by atoms with Gasteiger partial charge in [0.25, 0.3) is 5.56 Å². The first kappa shape index (κ1) is 24.9. The Hall–Kier alpha value is -3.17. The summed E-state index contributed by atoms with van der Waals surface area (Å²) >= 11 is 1.28. The molecule has 9 heteroatoms. The normalized spacial score (nSPS) is 14.3. The number of aryl methyl sites for hydroxylation is 3. The minimum absolute atomic E-state index is 0.00730. The number of hydrogen-bond acceptors (Lipinski definition) is 6. The van der Waals surface area contributed by atoms with Crippen LogP contribution in [-0.4, -0.2) is 69.6 Å². The topological polar surface area (TPSA) is 87.5 Å². The SMILES string of the molecule is Cc1ccc2nc(SCC(=O)N3CCN(CC(=O)Nc4c(C)cccc4C)CC3)n(C)c(=O)c2c1. The van der Waals surface area contributed by atoms with Crippen molar-refractivity contribution in [1.82, 2.24) is 19.4 Å². The Morgan fingerprint density at radius 2 is 1.71 bits per heavy atom. The van der Waals surface area contributed by atoms with Crippen LogP contribution in [0.4, 0.5) is 5.69 Å². The molecule has 1 N–H and O–H groups in total. The van der Waals surface area contributed by atoms with E-state index in [2.05, 4.69) is 15.2 Å². The summed E-state index contributed by atoms with van der Waals surface area (Å²) in [6.45, 7) is 8.63. The third-order valence-electron chi connectivity index (χ3n) is 6.35. The van der Waals surface area contributed by atoms with Crippen LogP contribution in [0.2, 0.25) is 0 Å². The number of nitrogens with zero attached hydrogens (tertiary/aromatic N) is 4. The number of piperazine rings is 1. The van der Waals surface area contributed by atoms with Crippen molar-refractivity contribution in [3.05, 3.63) is 63.4 Å². The van der Waals surface area contributed by atoms with Crippen molar-refractivity contribution < 1.29 is 9.59 Å². The average Bonchev–Trinajstić information content (AvgIpc) is 2.83. The Balaban J connectivity index is 1.29. The van der Waals surface area contributed by atoms with Crippen LogP contribution in [0.3, 0.4) is 0 Å². The number of para-hydroxylation sites is 1. The minimum Gasteiger partial charge on any atom is -0.339 e. The number of aromatic nitrogens is 2. The van der Waals surface area contributed by atoms with E-state index in [1.807, 2.05) is 62.1 Å². The lowest BCUT2D eigenvalue weighted by Crippen LogP contribution is -2.51. The smallest absolute Gasteiger partial charge is 0.261 e. The van der Waals surface area contributed by atoms with Crippen LogP contribution in [0.25, 0.3) is 10.9 Å². The molecule has 0 bridgehead atoms. The predicted octanol–water partition coefficient (Wildman–Crippen LogP) is 2.73.